The Balaban J connectivity index is 1.71. The van der Waals surface area contributed by atoms with E-state index < -0.39 is 0 Å². The molecule has 0 saturated heterocycles. The van der Waals surface area contributed by atoms with Gasteiger partial charge < -0.3 is 0 Å². The Bertz CT molecular complexity index is 1400. The number of hydrogen-bond donors (Lipinski definition) is 0. The number of rotatable bonds is 2. The molecule has 142 valence electrons. The molecule has 0 saturated carbocycles. The molecule has 1 atom stereocenters. The third kappa shape index (κ3) is 2.59. The maximum atomic E-state index is 3.75. The van der Waals surface area contributed by atoms with Gasteiger partial charge in [-0.2, -0.15) is 0 Å². The molecule has 5 aromatic rings. The highest BCUT2D eigenvalue weighted by atomic mass is 79.9. The third-order valence-electron chi connectivity index (χ3n) is 6.26. The monoisotopic (exact) mass is 446 g/mol. The smallest absolute Gasteiger partial charge is 0.0364 e. The van der Waals surface area contributed by atoms with E-state index in [2.05, 4.69) is 125 Å². The Labute approximate surface area is 185 Å². The Hall–Kier alpha value is -3.16. The second kappa shape index (κ2) is 6.97. The van der Waals surface area contributed by atoms with E-state index in [1.165, 1.54) is 49.7 Å². The lowest BCUT2D eigenvalue weighted by Gasteiger charge is -2.20. The van der Waals surface area contributed by atoms with Gasteiger partial charge in [0.15, 0.2) is 0 Å². The van der Waals surface area contributed by atoms with E-state index in [0.717, 1.165) is 4.47 Å². The van der Waals surface area contributed by atoms with Gasteiger partial charge in [0.1, 0.15) is 0 Å². The highest BCUT2D eigenvalue weighted by molar-refractivity contribution is 9.10. The van der Waals surface area contributed by atoms with E-state index in [4.69, 9.17) is 0 Å². The van der Waals surface area contributed by atoms with E-state index in [1.807, 2.05) is 0 Å². The maximum Gasteiger partial charge on any atom is 0.0364 e. The van der Waals surface area contributed by atoms with Crippen LogP contribution < -0.4 is 0 Å². The lowest BCUT2D eigenvalue weighted by molar-refractivity contribution is 1.03. The highest BCUT2D eigenvalue weighted by Crippen LogP contribution is 2.52. The Morgan fingerprint density at radius 3 is 2.00 bits per heavy atom. The van der Waals surface area contributed by atoms with Crippen molar-refractivity contribution in [1.82, 2.24) is 0 Å². The first-order valence-electron chi connectivity index (χ1n) is 10.3. The van der Waals surface area contributed by atoms with Crippen LogP contribution in [0, 0.1) is 0 Å². The first kappa shape index (κ1) is 17.7. The summed E-state index contributed by atoms with van der Waals surface area (Å²) < 4.78 is 1.14. The minimum absolute atomic E-state index is 0.214. The summed E-state index contributed by atoms with van der Waals surface area (Å²) in [5.74, 6) is 0.214. The molecule has 0 spiro atoms. The summed E-state index contributed by atoms with van der Waals surface area (Å²) in [5, 5.41) is 2.57. The fourth-order valence-corrected chi connectivity index (χ4v) is 5.47. The second-order valence-corrected chi connectivity index (χ2v) is 8.69. The number of fused-ring (bicyclic) bond motifs is 4. The van der Waals surface area contributed by atoms with Crippen LogP contribution in [-0.4, -0.2) is 0 Å². The maximum absolute atomic E-state index is 3.75. The molecule has 0 nitrogen and oxygen atoms in total. The molecule has 30 heavy (non-hydrogen) atoms. The van der Waals surface area contributed by atoms with Gasteiger partial charge in [0.25, 0.3) is 0 Å². The topological polar surface area (TPSA) is 0 Å². The summed E-state index contributed by atoms with van der Waals surface area (Å²) in [4.78, 5) is 0. The van der Waals surface area contributed by atoms with E-state index in [9.17, 15) is 0 Å². The molecule has 1 unspecified atom stereocenters. The van der Waals surface area contributed by atoms with E-state index in [-0.39, 0.29) is 5.92 Å². The molecule has 1 aliphatic rings. The van der Waals surface area contributed by atoms with Crippen LogP contribution in [0.2, 0.25) is 0 Å². The molecule has 0 aliphatic heterocycles. The van der Waals surface area contributed by atoms with Crippen molar-refractivity contribution >= 4 is 26.7 Å². The van der Waals surface area contributed by atoms with E-state index in [0.29, 0.717) is 0 Å². The van der Waals surface area contributed by atoms with Gasteiger partial charge in [-0.05, 0) is 55.8 Å². The highest BCUT2D eigenvalue weighted by Gasteiger charge is 2.33. The Morgan fingerprint density at radius 2 is 1.13 bits per heavy atom. The molecule has 0 radical (unpaired) electrons. The minimum Gasteiger partial charge on any atom is -0.0622 e. The van der Waals surface area contributed by atoms with Crippen molar-refractivity contribution in [3.63, 3.8) is 0 Å². The van der Waals surface area contributed by atoms with E-state index in [1.54, 1.807) is 0 Å². The van der Waals surface area contributed by atoms with Gasteiger partial charge in [-0.1, -0.05) is 119 Å². The fraction of sp³-hybridized carbons (Fsp3) is 0.0345. The zero-order chi connectivity index (χ0) is 20.1. The molecule has 0 aromatic heterocycles. The first-order valence-corrected chi connectivity index (χ1v) is 11.1. The van der Waals surface area contributed by atoms with Crippen molar-refractivity contribution in [2.24, 2.45) is 0 Å². The molecule has 1 aliphatic carbocycles. The van der Waals surface area contributed by atoms with Crippen LogP contribution in [0.15, 0.2) is 114 Å². The van der Waals surface area contributed by atoms with Crippen molar-refractivity contribution < 1.29 is 0 Å². The van der Waals surface area contributed by atoms with Gasteiger partial charge in [-0.25, -0.2) is 0 Å². The first-order chi connectivity index (χ1) is 14.8. The number of benzene rings is 5. The van der Waals surface area contributed by atoms with Crippen LogP contribution in [0.1, 0.15) is 22.6 Å². The van der Waals surface area contributed by atoms with E-state index >= 15 is 0 Å². The van der Waals surface area contributed by atoms with Crippen LogP contribution >= 0.6 is 15.9 Å². The second-order valence-electron chi connectivity index (χ2n) is 7.84. The largest absolute Gasteiger partial charge is 0.0622 e. The van der Waals surface area contributed by atoms with Crippen LogP contribution in [-0.2, 0) is 0 Å². The van der Waals surface area contributed by atoms with Crippen LogP contribution in [0.3, 0.4) is 0 Å². The molecule has 0 bridgehead atoms. The number of halogens is 1. The zero-order valence-electron chi connectivity index (χ0n) is 16.3. The molecule has 0 amide bonds. The quantitative estimate of drug-likeness (QED) is 0.250. The van der Waals surface area contributed by atoms with Crippen LogP contribution in [0.4, 0.5) is 0 Å². The predicted octanol–water partition coefficient (Wildman–Crippen LogP) is 8.43. The zero-order valence-corrected chi connectivity index (χ0v) is 17.9. The van der Waals surface area contributed by atoms with Gasteiger partial charge in [-0.15, -0.1) is 0 Å². The van der Waals surface area contributed by atoms with Crippen LogP contribution in [0.5, 0.6) is 0 Å². The van der Waals surface area contributed by atoms with Gasteiger partial charge in [0.05, 0.1) is 0 Å². The SMILES string of the molecule is Brc1ccc(C2c3ccccc3-c3cccc(-c4ccccc4)c32)c2ccccc12. The average Bonchev–Trinajstić information content (AvgIpc) is 3.15. The molecule has 0 N–H and O–H groups in total. The molecule has 0 heterocycles. The molecule has 1 heteroatoms. The fourth-order valence-electron chi connectivity index (χ4n) is 4.99. The predicted molar refractivity (Wildman–Crippen MR) is 130 cm³/mol. The van der Waals surface area contributed by atoms with Crippen molar-refractivity contribution in [1.29, 1.82) is 0 Å². The Morgan fingerprint density at radius 1 is 0.467 bits per heavy atom. The number of hydrogen-bond acceptors (Lipinski definition) is 0. The van der Waals surface area contributed by atoms with Gasteiger partial charge in [0.2, 0.25) is 0 Å². The lowest BCUT2D eigenvalue weighted by atomic mass is 9.83. The summed E-state index contributed by atoms with van der Waals surface area (Å²) >= 11 is 3.75. The van der Waals surface area contributed by atoms with Gasteiger partial charge in [0, 0.05) is 10.4 Å². The normalized spacial score (nSPS) is 14.5. The Kier molecular flexibility index (Phi) is 4.11. The third-order valence-corrected chi connectivity index (χ3v) is 6.95. The summed E-state index contributed by atoms with van der Waals surface area (Å²) in [6.45, 7) is 0. The molecule has 5 aromatic carbocycles. The summed E-state index contributed by atoms with van der Waals surface area (Å²) in [6, 6.07) is 39.6. The summed E-state index contributed by atoms with van der Waals surface area (Å²) in [7, 11) is 0. The molecular weight excluding hydrogens is 428 g/mol. The summed E-state index contributed by atoms with van der Waals surface area (Å²) in [5.41, 5.74) is 9.46. The lowest BCUT2D eigenvalue weighted by Crippen LogP contribution is -2.02. The molecule has 0 fully saturated rings. The molecular formula is C29H19Br. The minimum atomic E-state index is 0.214. The summed E-state index contributed by atoms with van der Waals surface area (Å²) in [6.07, 6.45) is 0. The van der Waals surface area contributed by atoms with Crippen LogP contribution in [0.25, 0.3) is 33.0 Å². The standard InChI is InChI=1S/C29H19Br/c30-27-18-17-26(21-11-4-6-13-23(21)27)29-24-14-7-5-12-22(24)25-16-8-15-20(28(25)29)19-9-2-1-3-10-19/h1-18,29H. The molecule has 6 rings (SSSR count). The van der Waals surface area contributed by atoms with Crippen molar-refractivity contribution in [2.45, 2.75) is 5.92 Å². The van der Waals surface area contributed by atoms with Crippen molar-refractivity contribution in [3.8, 4) is 22.3 Å². The average molecular weight is 447 g/mol. The van der Waals surface area contributed by atoms with Crippen molar-refractivity contribution in [3.05, 3.63) is 130 Å². The van der Waals surface area contributed by atoms with Crippen molar-refractivity contribution in [2.75, 3.05) is 0 Å². The van der Waals surface area contributed by atoms with Gasteiger partial charge in [-0.3, -0.25) is 0 Å². The van der Waals surface area contributed by atoms with Gasteiger partial charge >= 0.3 is 0 Å².